The minimum absolute atomic E-state index is 0.171. The van der Waals surface area contributed by atoms with E-state index in [9.17, 15) is 4.79 Å². The van der Waals surface area contributed by atoms with Gasteiger partial charge in [0.05, 0.1) is 11.7 Å². The predicted molar refractivity (Wildman–Crippen MR) is 79.1 cm³/mol. The number of aromatic nitrogens is 1. The number of carbonyl (C=O) groups excluding carboxylic acids is 1. The van der Waals surface area contributed by atoms with Gasteiger partial charge in [0.15, 0.2) is 5.13 Å². The van der Waals surface area contributed by atoms with Crippen LogP contribution in [0, 0.1) is 0 Å². The topological polar surface area (TPSA) is 68.0 Å². The fraction of sp³-hybridized carbons (Fsp3) is 0.286. The number of benzene rings is 1. The van der Waals surface area contributed by atoms with E-state index in [0.717, 1.165) is 17.7 Å². The molecule has 3 N–H and O–H groups in total. The minimum atomic E-state index is -0.464. The zero-order valence-electron chi connectivity index (χ0n) is 10.8. The number of nitrogens with zero attached hydrogens (tertiary/aromatic N) is 1. The van der Waals surface area contributed by atoms with E-state index in [1.807, 2.05) is 42.6 Å². The molecule has 0 aliphatic carbocycles. The molecule has 1 atom stereocenters. The Hall–Kier alpha value is -1.72. The fourth-order valence-electron chi connectivity index (χ4n) is 1.71. The van der Waals surface area contributed by atoms with Gasteiger partial charge in [0.2, 0.25) is 5.91 Å². The highest BCUT2D eigenvalue weighted by atomic mass is 32.1. The maximum atomic E-state index is 11.8. The normalized spacial score (nSPS) is 12.1. The van der Waals surface area contributed by atoms with Crippen LogP contribution in [-0.4, -0.2) is 16.9 Å². The van der Waals surface area contributed by atoms with Gasteiger partial charge in [-0.2, -0.15) is 0 Å². The number of rotatable bonds is 5. The molecule has 1 unspecified atom stereocenters. The van der Waals surface area contributed by atoms with Crippen molar-refractivity contribution in [2.24, 2.45) is 5.73 Å². The molecule has 1 heterocycles. The molecule has 100 valence electrons. The zero-order valence-corrected chi connectivity index (χ0v) is 11.6. The lowest BCUT2D eigenvalue weighted by Gasteiger charge is -2.08. The first-order valence-electron chi connectivity index (χ1n) is 6.28. The summed E-state index contributed by atoms with van der Waals surface area (Å²) in [6.45, 7) is 2.00. The molecule has 0 fully saturated rings. The first kappa shape index (κ1) is 13.7. The molecule has 2 rings (SSSR count). The van der Waals surface area contributed by atoms with Crippen LogP contribution in [0.25, 0.3) is 11.3 Å². The average molecular weight is 275 g/mol. The number of anilines is 1. The zero-order chi connectivity index (χ0) is 13.7. The molecule has 1 aromatic heterocycles. The lowest BCUT2D eigenvalue weighted by molar-refractivity contribution is -0.117. The molecule has 19 heavy (non-hydrogen) atoms. The average Bonchev–Trinajstić information content (AvgIpc) is 2.88. The van der Waals surface area contributed by atoms with E-state index in [1.165, 1.54) is 11.3 Å². The van der Waals surface area contributed by atoms with Crippen LogP contribution >= 0.6 is 11.3 Å². The molecular weight excluding hydrogens is 258 g/mol. The monoisotopic (exact) mass is 275 g/mol. The largest absolute Gasteiger partial charge is 0.320 e. The van der Waals surface area contributed by atoms with Crippen LogP contribution in [-0.2, 0) is 4.79 Å². The van der Waals surface area contributed by atoms with Crippen molar-refractivity contribution in [3.8, 4) is 11.3 Å². The number of amides is 1. The van der Waals surface area contributed by atoms with Gasteiger partial charge in [0, 0.05) is 10.9 Å². The molecule has 5 heteroatoms. The van der Waals surface area contributed by atoms with E-state index in [2.05, 4.69) is 10.3 Å². The molecule has 0 spiro atoms. The van der Waals surface area contributed by atoms with Crippen molar-refractivity contribution in [1.29, 1.82) is 0 Å². The van der Waals surface area contributed by atoms with Gasteiger partial charge >= 0.3 is 0 Å². The maximum Gasteiger partial charge on any atom is 0.243 e. The molecule has 0 aliphatic heterocycles. The third kappa shape index (κ3) is 3.62. The van der Waals surface area contributed by atoms with E-state index < -0.39 is 6.04 Å². The van der Waals surface area contributed by atoms with E-state index in [-0.39, 0.29) is 5.91 Å². The van der Waals surface area contributed by atoms with Crippen molar-refractivity contribution in [3.05, 3.63) is 35.7 Å². The van der Waals surface area contributed by atoms with Crippen molar-refractivity contribution >= 4 is 22.4 Å². The lowest BCUT2D eigenvalue weighted by Crippen LogP contribution is -2.35. The molecular formula is C14H17N3OS. The number of hydrogen-bond acceptors (Lipinski definition) is 4. The highest BCUT2D eigenvalue weighted by Crippen LogP contribution is 2.24. The molecule has 4 nitrogen and oxygen atoms in total. The summed E-state index contributed by atoms with van der Waals surface area (Å²) >= 11 is 1.41. The highest BCUT2D eigenvalue weighted by Gasteiger charge is 2.14. The summed E-state index contributed by atoms with van der Waals surface area (Å²) in [4.78, 5) is 16.2. The second kappa shape index (κ2) is 6.45. The SMILES string of the molecule is CCCC(N)C(=O)Nc1nc(-c2ccccc2)cs1. The van der Waals surface area contributed by atoms with Crippen LogP contribution < -0.4 is 11.1 Å². The van der Waals surface area contributed by atoms with Gasteiger partial charge in [-0.3, -0.25) is 4.79 Å². The maximum absolute atomic E-state index is 11.8. The van der Waals surface area contributed by atoms with Crippen molar-refractivity contribution < 1.29 is 4.79 Å². The molecule has 1 aromatic carbocycles. The summed E-state index contributed by atoms with van der Waals surface area (Å²) in [6, 6.07) is 9.40. The number of hydrogen-bond donors (Lipinski definition) is 2. The van der Waals surface area contributed by atoms with Gasteiger partial charge in [0.1, 0.15) is 0 Å². The number of thiazole rings is 1. The van der Waals surface area contributed by atoms with E-state index in [4.69, 9.17) is 5.73 Å². The number of carbonyl (C=O) groups is 1. The summed E-state index contributed by atoms with van der Waals surface area (Å²) < 4.78 is 0. The number of nitrogens with one attached hydrogen (secondary N) is 1. The third-order valence-electron chi connectivity index (χ3n) is 2.74. The lowest BCUT2D eigenvalue weighted by atomic mass is 10.2. The molecule has 0 saturated carbocycles. The Labute approximate surface area is 116 Å². The predicted octanol–water partition coefficient (Wildman–Crippen LogP) is 2.88. The Bertz CT molecular complexity index is 539. The van der Waals surface area contributed by atoms with E-state index >= 15 is 0 Å². The van der Waals surface area contributed by atoms with Crippen LogP contribution in [0.5, 0.6) is 0 Å². The van der Waals surface area contributed by atoms with E-state index in [0.29, 0.717) is 11.6 Å². The van der Waals surface area contributed by atoms with Crippen molar-refractivity contribution in [3.63, 3.8) is 0 Å². The second-order valence-electron chi connectivity index (χ2n) is 4.29. The molecule has 0 saturated heterocycles. The van der Waals surface area contributed by atoms with Crippen molar-refractivity contribution in [2.45, 2.75) is 25.8 Å². The minimum Gasteiger partial charge on any atom is -0.320 e. The van der Waals surface area contributed by atoms with Crippen LogP contribution in [0.15, 0.2) is 35.7 Å². The standard InChI is InChI=1S/C14H17N3OS/c1-2-6-11(15)13(18)17-14-16-12(9-19-14)10-7-4-3-5-8-10/h3-5,7-9,11H,2,6,15H2,1H3,(H,16,17,18). The Balaban J connectivity index is 2.04. The van der Waals surface area contributed by atoms with Gasteiger partial charge in [-0.25, -0.2) is 4.98 Å². The Kier molecular flexibility index (Phi) is 4.65. The summed E-state index contributed by atoms with van der Waals surface area (Å²) in [5.41, 5.74) is 7.66. The van der Waals surface area contributed by atoms with Crippen LogP contribution in [0.1, 0.15) is 19.8 Å². The fourth-order valence-corrected chi connectivity index (χ4v) is 2.44. The smallest absolute Gasteiger partial charge is 0.243 e. The van der Waals surface area contributed by atoms with Crippen LogP contribution in [0.2, 0.25) is 0 Å². The molecule has 0 aliphatic rings. The van der Waals surface area contributed by atoms with E-state index in [1.54, 1.807) is 0 Å². The Morgan fingerprint density at radius 2 is 2.16 bits per heavy atom. The van der Waals surface area contributed by atoms with Crippen LogP contribution in [0.4, 0.5) is 5.13 Å². The first-order chi connectivity index (χ1) is 9.20. The van der Waals surface area contributed by atoms with Gasteiger partial charge in [-0.1, -0.05) is 43.7 Å². The molecule has 0 bridgehead atoms. The van der Waals surface area contributed by atoms with Gasteiger partial charge in [0.25, 0.3) is 0 Å². The van der Waals surface area contributed by atoms with Gasteiger partial charge < -0.3 is 11.1 Å². The second-order valence-corrected chi connectivity index (χ2v) is 5.15. The highest BCUT2D eigenvalue weighted by molar-refractivity contribution is 7.14. The Morgan fingerprint density at radius 3 is 2.84 bits per heavy atom. The molecule has 2 aromatic rings. The Morgan fingerprint density at radius 1 is 1.42 bits per heavy atom. The van der Waals surface area contributed by atoms with Gasteiger partial charge in [-0.15, -0.1) is 11.3 Å². The van der Waals surface area contributed by atoms with Crippen molar-refractivity contribution in [2.75, 3.05) is 5.32 Å². The summed E-state index contributed by atoms with van der Waals surface area (Å²) in [6.07, 6.45) is 1.57. The summed E-state index contributed by atoms with van der Waals surface area (Å²) in [5.74, 6) is -0.171. The van der Waals surface area contributed by atoms with Gasteiger partial charge in [-0.05, 0) is 6.42 Å². The first-order valence-corrected chi connectivity index (χ1v) is 7.16. The van der Waals surface area contributed by atoms with Crippen LogP contribution in [0.3, 0.4) is 0 Å². The van der Waals surface area contributed by atoms with Crippen molar-refractivity contribution in [1.82, 2.24) is 4.98 Å². The molecule has 1 amide bonds. The molecule has 0 radical (unpaired) electrons. The number of nitrogens with two attached hydrogens (primary N) is 1. The summed E-state index contributed by atoms with van der Waals surface area (Å²) in [5, 5.41) is 5.28. The third-order valence-corrected chi connectivity index (χ3v) is 3.50. The summed E-state index contributed by atoms with van der Waals surface area (Å²) in [7, 11) is 0. The quantitative estimate of drug-likeness (QED) is 0.881.